The van der Waals surface area contributed by atoms with Crippen LogP contribution >= 0.6 is 0 Å². The van der Waals surface area contributed by atoms with Crippen LogP contribution in [0.1, 0.15) is 51.6 Å². The van der Waals surface area contributed by atoms with Crippen LogP contribution in [-0.4, -0.2) is 34.6 Å². The molecule has 2 aromatic rings. The van der Waals surface area contributed by atoms with Crippen LogP contribution in [0.2, 0.25) is 0 Å². The molecule has 0 spiro atoms. The summed E-state index contributed by atoms with van der Waals surface area (Å²) in [5.74, 6) is -0.489. The number of hydrogen-bond donors (Lipinski definition) is 2. The lowest BCUT2D eigenvalue weighted by Gasteiger charge is -2.33. The van der Waals surface area contributed by atoms with E-state index in [2.05, 4.69) is 10.4 Å². The van der Waals surface area contributed by atoms with Crippen LogP contribution in [0.4, 0.5) is 5.82 Å². The number of ether oxygens (including phenoxy) is 1. The zero-order chi connectivity index (χ0) is 19.1. The van der Waals surface area contributed by atoms with Gasteiger partial charge in [-0.15, -0.1) is 0 Å². The highest BCUT2D eigenvalue weighted by molar-refractivity contribution is 6.02. The Bertz CT molecular complexity index is 988. The Morgan fingerprint density at radius 3 is 2.67 bits per heavy atom. The molecule has 27 heavy (non-hydrogen) atoms. The molecule has 1 aliphatic carbocycles. The van der Waals surface area contributed by atoms with E-state index in [1.54, 1.807) is 28.9 Å². The minimum absolute atomic E-state index is 0.0487. The van der Waals surface area contributed by atoms with Gasteiger partial charge in [0.05, 0.1) is 18.9 Å². The van der Waals surface area contributed by atoms with Crippen LogP contribution in [0.3, 0.4) is 0 Å². The molecule has 8 nitrogen and oxygen atoms in total. The molecule has 1 aromatic carbocycles. The number of rotatable bonds is 3. The van der Waals surface area contributed by atoms with Gasteiger partial charge in [-0.2, -0.15) is 5.10 Å². The van der Waals surface area contributed by atoms with Gasteiger partial charge < -0.3 is 15.8 Å². The molecule has 138 valence electrons. The summed E-state index contributed by atoms with van der Waals surface area (Å²) in [6.45, 7) is 0. The van der Waals surface area contributed by atoms with Crippen molar-refractivity contribution in [3.05, 3.63) is 58.4 Å². The molecule has 0 saturated carbocycles. The fourth-order valence-electron chi connectivity index (χ4n) is 3.67. The first-order valence-corrected chi connectivity index (χ1v) is 8.60. The number of amides is 1. The summed E-state index contributed by atoms with van der Waals surface area (Å²) in [4.78, 5) is 36.1. The number of Topliss-reactive ketones (excluding diaryl/α,β-unsaturated/α-hetero) is 1. The van der Waals surface area contributed by atoms with Crippen molar-refractivity contribution in [2.75, 3.05) is 12.4 Å². The minimum atomic E-state index is -0.588. The van der Waals surface area contributed by atoms with Gasteiger partial charge in [0.1, 0.15) is 17.4 Å². The Morgan fingerprint density at radius 2 is 2.00 bits per heavy atom. The monoisotopic (exact) mass is 366 g/mol. The molecule has 0 saturated heterocycles. The van der Waals surface area contributed by atoms with Crippen molar-refractivity contribution in [1.29, 1.82) is 0 Å². The predicted octanol–water partition coefficient (Wildman–Crippen LogP) is 1.79. The van der Waals surface area contributed by atoms with Gasteiger partial charge in [0.15, 0.2) is 5.78 Å². The number of nitrogens with zero attached hydrogens (tertiary/aromatic N) is 2. The minimum Gasteiger partial charge on any atom is -0.465 e. The molecule has 0 radical (unpaired) electrons. The molecule has 2 heterocycles. The Morgan fingerprint density at radius 1 is 1.26 bits per heavy atom. The number of carbonyl (C=O) groups is 3. The number of fused-ring (bicyclic) bond motifs is 1. The molecule has 8 heteroatoms. The first-order valence-electron chi connectivity index (χ1n) is 8.60. The molecule has 1 atom stereocenters. The molecule has 0 fully saturated rings. The quantitative estimate of drug-likeness (QED) is 0.800. The number of primary amides is 1. The smallest absolute Gasteiger partial charge is 0.337 e. The molecule has 2 aliphatic rings. The van der Waals surface area contributed by atoms with Gasteiger partial charge in [-0.3, -0.25) is 9.59 Å². The third-order valence-corrected chi connectivity index (χ3v) is 4.95. The summed E-state index contributed by atoms with van der Waals surface area (Å²) in [5.41, 5.74) is 8.37. The average Bonchev–Trinajstić information content (AvgIpc) is 3.10. The highest BCUT2D eigenvalue weighted by Crippen LogP contribution is 2.41. The normalized spacial score (nSPS) is 18.4. The first-order chi connectivity index (χ1) is 13.0. The molecule has 4 rings (SSSR count). The second kappa shape index (κ2) is 6.39. The molecular formula is C19H18N4O4. The number of aromatic nitrogens is 2. The fourth-order valence-corrected chi connectivity index (χ4v) is 3.67. The van der Waals surface area contributed by atoms with E-state index in [0.29, 0.717) is 29.8 Å². The fraction of sp³-hybridized carbons (Fsp3) is 0.263. The number of benzene rings is 1. The standard InChI is InChI=1S/C19H18N4O4/c1-27-19(26)11-7-5-10(6-8-11)16-15-13(3-2-4-14(15)24)22-18-12(17(20)25)9-21-23(16)18/h5-9,16,22H,2-4H2,1H3,(H2,20,25)/t16-/m1/s1. The second-order valence-corrected chi connectivity index (χ2v) is 6.53. The number of esters is 1. The lowest BCUT2D eigenvalue weighted by molar-refractivity contribution is -0.116. The predicted molar refractivity (Wildman–Crippen MR) is 96.2 cm³/mol. The number of ketones is 1. The van der Waals surface area contributed by atoms with Crippen molar-refractivity contribution >= 4 is 23.5 Å². The van der Waals surface area contributed by atoms with Gasteiger partial charge in [0.2, 0.25) is 0 Å². The van der Waals surface area contributed by atoms with Gasteiger partial charge in [0, 0.05) is 17.7 Å². The largest absolute Gasteiger partial charge is 0.465 e. The molecular weight excluding hydrogens is 348 g/mol. The summed E-state index contributed by atoms with van der Waals surface area (Å²) in [7, 11) is 1.32. The SMILES string of the molecule is COC(=O)c1ccc([C@@H]2C3=C(CCCC3=O)Nc3c(C(N)=O)cnn32)cc1. The van der Waals surface area contributed by atoms with Gasteiger partial charge in [-0.1, -0.05) is 12.1 Å². The third-order valence-electron chi connectivity index (χ3n) is 4.95. The summed E-state index contributed by atoms with van der Waals surface area (Å²) >= 11 is 0. The van der Waals surface area contributed by atoms with Crippen LogP contribution in [0.15, 0.2) is 41.7 Å². The summed E-state index contributed by atoms with van der Waals surface area (Å²) in [5, 5.41) is 7.49. The maximum Gasteiger partial charge on any atom is 0.337 e. The highest BCUT2D eigenvalue weighted by atomic mass is 16.5. The average molecular weight is 366 g/mol. The lowest BCUT2D eigenvalue weighted by atomic mass is 9.85. The molecule has 1 aliphatic heterocycles. The Labute approximate surface area is 155 Å². The van der Waals surface area contributed by atoms with Crippen LogP contribution in [-0.2, 0) is 9.53 Å². The molecule has 3 N–H and O–H groups in total. The summed E-state index contributed by atoms with van der Waals surface area (Å²) < 4.78 is 6.34. The number of methoxy groups -OCH3 is 1. The third kappa shape index (κ3) is 2.69. The van der Waals surface area contributed by atoms with Crippen molar-refractivity contribution in [2.45, 2.75) is 25.3 Å². The Kier molecular flexibility index (Phi) is 4.02. The van der Waals surface area contributed by atoms with E-state index in [0.717, 1.165) is 17.7 Å². The number of carbonyl (C=O) groups excluding carboxylic acids is 3. The van der Waals surface area contributed by atoms with E-state index in [1.165, 1.54) is 13.3 Å². The van der Waals surface area contributed by atoms with Gasteiger partial charge in [-0.05, 0) is 30.5 Å². The second-order valence-electron chi connectivity index (χ2n) is 6.53. The van der Waals surface area contributed by atoms with Gasteiger partial charge >= 0.3 is 5.97 Å². The number of allylic oxidation sites excluding steroid dienone is 2. The Balaban J connectivity index is 1.86. The van der Waals surface area contributed by atoms with E-state index in [-0.39, 0.29) is 11.3 Å². The van der Waals surface area contributed by atoms with Crippen LogP contribution < -0.4 is 11.1 Å². The topological polar surface area (TPSA) is 116 Å². The lowest BCUT2D eigenvalue weighted by Crippen LogP contribution is -2.32. The zero-order valence-electron chi connectivity index (χ0n) is 14.7. The molecule has 0 unspecified atom stereocenters. The number of nitrogens with one attached hydrogen (secondary N) is 1. The molecule has 1 amide bonds. The zero-order valence-corrected chi connectivity index (χ0v) is 14.7. The van der Waals surface area contributed by atoms with Crippen molar-refractivity contribution in [3.8, 4) is 0 Å². The number of hydrogen-bond acceptors (Lipinski definition) is 6. The maximum absolute atomic E-state index is 12.7. The summed E-state index contributed by atoms with van der Waals surface area (Å²) in [6.07, 6.45) is 3.33. The Hall–Kier alpha value is -3.42. The van der Waals surface area contributed by atoms with E-state index in [9.17, 15) is 14.4 Å². The number of anilines is 1. The van der Waals surface area contributed by atoms with Crippen molar-refractivity contribution < 1.29 is 19.1 Å². The van der Waals surface area contributed by atoms with E-state index in [1.807, 2.05) is 0 Å². The van der Waals surface area contributed by atoms with Gasteiger partial charge in [-0.25, -0.2) is 9.48 Å². The van der Waals surface area contributed by atoms with Gasteiger partial charge in [0.25, 0.3) is 5.91 Å². The van der Waals surface area contributed by atoms with Crippen LogP contribution in [0.5, 0.6) is 0 Å². The number of nitrogens with two attached hydrogens (primary N) is 1. The van der Waals surface area contributed by atoms with Crippen LogP contribution in [0, 0.1) is 0 Å². The molecule has 1 aromatic heterocycles. The van der Waals surface area contributed by atoms with E-state index >= 15 is 0 Å². The summed E-state index contributed by atoms with van der Waals surface area (Å²) in [6, 6.07) is 6.35. The maximum atomic E-state index is 12.7. The van der Waals surface area contributed by atoms with Crippen molar-refractivity contribution in [1.82, 2.24) is 9.78 Å². The molecule has 0 bridgehead atoms. The van der Waals surface area contributed by atoms with E-state index < -0.39 is 17.9 Å². The van der Waals surface area contributed by atoms with Crippen LogP contribution in [0.25, 0.3) is 0 Å². The van der Waals surface area contributed by atoms with E-state index in [4.69, 9.17) is 10.5 Å². The highest BCUT2D eigenvalue weighted by Gasteiger charge is 2.37. The van der Waals surface area contributed by atoms with Crippen molar-refractivity contribution in [3.63, 3.8) is 0 Å². The van der Waals surface area contributed by atoms with Crippen molar-refractivity contribution in [2.24, 2.45) is 5.73 Å². The first kappa shape index (κ1) is 17.0.